The average Bonchev–Trinajstić information content (AvgIpc) is 1.86. The van der Waals surface area contributed by atoms with Crippen LogP contribution in [0, 0.1) is 9.89 Å². The van der Waals surface area contributed by atoms with Crippen LogP contribution in [-0.4, -0.2) is 0 Å². The van der Waals surface area contributed by atoms with Gasteiger partial charge in [0.05, 0.1) is 0 Å². The minimum atomic E-state index is 0.861. The van der Waals surface area contributed by atoms with Crippen molar-refractivity contribution < 1.29 is 0 Å². The third kappa shape index (κ3) is 0.864. The summed E-state index contributed by atoms with van der Waals surface area (Å²) in [4.78, 5) is 0. The SMILES string of the molecule is S=c1[c]css1. The maximum Gasteiger partial charge on any atom is 0.109 e. The van der Waals surface area contributed by atoms with Crippen molar-refractivity contribution in [3.05, 3.63) is 15.3 Å². The molecule has 0 aliphatic heterocycles. The Labute approximate surface area is 48.5 Å². The highest BCUT2D eigenvalue weighted by Gasteiger charge is 1.71. The Morgan fingerprint density at radius 2 is 2.67 bits per heavy atom. The van der Waals surface area contributed by atoms with Gasteiger partial charge >= 0.3 is 0 Å². The van der Waals surface area contributed by atoms with E-state index in [9.17, 15) is 0 Å². The monoisotopic (exact) mass is 133 g/mol. The molecule has 0 aliphatic rings. The van der Waals surface area contributed by atoms with Gasteiger partial charge in [0.25, 0.3) is 0 Å². The van der Waals surface area contributed by atoms with E-state index >= 15 is 0 Å². The van der Waals surface area contributed by atoms with Crippen molar-refractivity contribution >= 4 is 32.9 Å². The van der Waals surface area contributed by atoms with Crippen LogP contribution in [0.4, 0.5) is 0 Å². The molecule has 0 fully saturated rings. The quantitative estimate of drug-likeness (QED) is 0.386. The lowest BCUT2D eigenvalue weighted by Crippen LogP contribution is -1.28. The van der Waals surface area contributed by atoms with Gasteiger partial charge in [0.2, 0.25) is 0 Å². The first-order valence-electron chi connectivity index (χ1n) is 1.35. The molecule has 1 radical (unpaired) electrons. The van der Waals surface area contributed by atoms with Gasteiger partial charge in [0, 0.05) is 11.4 Å². The van der Waals surface area contributed by atoms with Crippen LogP contribution in [0.3, 0.4) is 0 Å². The first-order chi connectivity index (χ1) is 2.89. The zero-order valence-corrected chi connectivity index (χ0v) is 5.25. The zero-order chi connectivity index (χ0) is 4.41. The lowest BCUT2D eigenvalue weighted by Gasteiger charge is -1.45. The molecular formula is C3HS3. The van der Waals surface area contributed by atoms with Gasteiger partial charge < -0.3 is 0 Å². The molecule has 1 rings (SSSR count). The second-order valence-electron chi connectivity index (χ2n) is 0.729. The fourth-order valence-corrected chi connectivity index (χ4v) is 1.83. The van der Waals surface area contributed by atoms with Crippen molar-refractivity contribution in [1.29, 1.82) is 0 Å². The highest BCUT2D eigenvalue weighted by molar-refractivity contribution is 7.79. The van der Waals surface area contributed by atoms with E-state index in [1.54, 1.807) is 20.7 Å². The molecular weight excluding hydrogens is 132 g/mol. The van der Waals surface area contributed by atoms with Crippen molar-refractivity contribution in [2.75, 3.05) is 0 Å². The molecule has 1 aromatic rings. The van der Waals surface area contributed by atoms with E-state index < -0.39 is 0 Å². The van der Waals surface area contributed by atoms with Gasteiger partial charge in [0.1, 0.15) is 3.82 Å². The van der Waals surface area contributed by atoms with Gasteiger partial charge in [-0.05, 0) is 0 Å². The third-order valence-electron chi connectivity index (χ3n) is 0.349. The first-order valence-corrected chi connectivity index (χ1v) is 3.97. The Hall–Kier alpha value is 0.270. The standard InChI is InChI=1S/C3HS3/c4-3-1-2-5-6-3/h2H. The Bertz CT molecular complexity index is 144. The summed E-state index contributed by atoms with van der Waals surface area (Å²) >= 11 is 4.72. The van der Waals surface area contributed by atoms with Crippen LogP contribution in [0.2, 0.25) is 0 Å². The van der Waals surface area contributed by atoms with Gasteiger partial charge in [-0.25, -0.2) is 0 Å². The molecule has 0 nitrogen and oxygen atoms in total. The van der Waals surface area contributed by atoms with E-state index in [2.05, 4.69) is 6.07 Å². The van der Waals surface area contributed by atoms with Gasteiger partial charge in [-0.1, -0.05) is 32.9 Å². The number of rotatable bonds is 0. The Morgan fingerprint density at radius 3 is 2.83 bits per heavy atom. The van der Waals surface area contributed by atoms with Crippen molar-refractivity contribution in [2.45, 2.75) is 0 Å². The summed E-state index contributed by atoms with van der Waals surface area (Å²) in [7, 11) is 3.20. The highest BCUT2D eigenvalue weighted by Crippen LogP contribution is 2.06. The van der Waals surface area contributed by atoms with Crippen molar-refractivity contribution in [3.8, 4) is 0 Å². The minimum Gasteiger partial charge on any atom is -0.0865 e. The van der Waals surface area contributed by atoms with Gasteiger partial charge in [-0.15, -0.1) is 0 Å². The Morgan fingerprint density at radius 1 is 1.83 bits per heavy atom. The molecule has 31 valence electrons. The predicted molar refractivity (Wildman–Crippen MR) is 31.9 cm³/mol. The van der Waals surface area contributed by atoms with Crippen LogP contribution in [0.5, 0.6) is 0 Å². The molecule has 0 aromatic carbocycles. The maximum absolute atomic E-state index is 4.72. The van der Waals surface area contributed by atoms with Gasteiger partial charge in [-0.3, -0.25) is 0 Å². The second kappa shape index (κ2) is 1.82. The molecule has 0 atom stereocenters. The highest BCUT2D eigenvalue weighted by atomic mass is 32.9. The molecule has 0 bridgehead atoms. The summed E-state index contributed by atoms with van der Waals surface area (Å²) in [6, 6.07) is 2.85. The van der Waals surface area contributed by atoms with E-state index in [1.807, 2.05) is 5.38 Å². The molecule has 6 heavy (non-hydrogen) atoms. The average molecular weight is 133 g/mol. The minimum absolute atomic E-state index is 0.861. The molecule has 0 saturated carbocycles. The summed E-state index contributed by atoms with van der Waals surface area (Å²) in [6.07, 6.45) is 0. The second-order valence-corrected chi connectivity index (χ2v) is 3.48. The smallest absolute Gasteiger partial charge is 0.0865 e. The van der Waals surface area contributed by atoms with Crippen LogP contribution >= 0.6 is 32.9 Å². The molecule has 1 aromatic heterocycles. The van der Waals surface area contributed by atoms with Crippen LogP contribution in [-0.2, 0) is 0 Å². The first kappa shape index (κ1) is 4.43. The molecule has 0 N–H and O–H groups in total. The molecule has 0 unspecified atom stereocenters. The zero-order valence-electron chi connectivity index (χ0n) is 2.80. The van der Waals surface area contributed by atoms with Crippen LogP contribution in [0.15, 0.2) is 5.38 Å². The van der Waals surface area contributed by atoms with Crippen LogP contribution < -0.4 is 0 Å². The summed E-state index contributed by atoms with van der Waals surface area (Å²) in [5, 5.41) is 1.87. The van der Waals surface area contributed by atoms with Crippen LogP contribution in [0.1, 0.15) is 0 Å². The summed E-state index contributed by atoms with van der Waals surface area (Å²) in [5.74, 6) is 0. The fourth-order valence-electron chi connectivity index (χ4n) is 0.164. The third-order valence-corrected chi connectivity index (χ3v) is 2.69. The number of hydrogen-bond donors (Lipinski definition) is 0. The van der Waals surface area contributed by atoms with Crippen molar-refractivity contribution in [2.24, 2.45) is 0 Å². The van der Waals surface area contributed by atoms with E-state index in [-0.39, 0.29) is 0 Å². The summed E-state index contributed by atoms with van der Waals surface area (Å²) in [5.41, 5.74) is 0. The summed E-state index contributed by atoms with van der Waals surface area (Å²) in [6.45, 7) is 0. The maximum atomic E-state index is 4.72. The Kier molecular flexibility index (Phi) is 1.34. The van der Waals surface area contributed by atoms with E-state index in [1.165, 1.54) is 0 Å². The normalized spacial score (nSPS) is 8.67. The van der Waals surface area contributed by atoms with Gasteiger partial charge in [0.15, 0.2) is 0 Å². The lowest BCUT2D eigenvalue weighted by atomic mass is 10.8. The molecule has 1 heterocycles. The van der Waals surface area contributed by atoms with Crippen LogP contribution in [0.25, 0.3) is 0 Å². The van der Waals surface area contributed by atoms with E-state index in [0.717, 1.165) is 3.82 Å². The molecule has 0 amide bonds. The molecule has 0 saturated heterocycles. The number of hydrogen-bond acceptors (Lipinski definition) is 3. The van der Waals surface area contributed by atoms with Gasteiger partial charge in [-0.2, -0.15) is 0 Å². The topological polar surface area (TPSA) is 0 Å². The van der Waals surface area contributed by atoms with E-state index in [0.29, 0.717) is 0 Å². The molecule has 0 aliphatic carbocycles. The largest absolute Gasteiger partial charge is 0.109 e. The summed E-state index contributed by atoms with van der Waals surface area (Å²) < 4.78 is 0.861. The lowest BCUT2D eigenvalue weighted by molar-refractivity contribution is 2.03. The van der Waals surface area contributed by atoms with Crippen molar-refractivity contribution in [1.82, 2.24) is 0 Å². The molecule has 3 heteroatoms. The predicted octanol–water partition coefficient (Wildman–Crippen LogP) is 2.34. The van der Waals surface area contributed by atoms with E-state index in [4.69, 9.17) is 12.2 Å². The van der Waals surface area contributed by atoms with Crippen molar-refractivity contribution in [3.63, 3.8) is 0 Å². The molecule has 0 spiro atoms. The fraction of sp³-hybridized carbons (Fsp3) is 0. The Balaban J connectivity index is 3.41.